The van der Waals surface area contributed by atoms with Crippen LogP contribution in [0.4, 0.5) is 5.82 Å². The average molecular weight is 395 g/mol. The van der Waals surface area contributed by atoms with Crippen LogP contribution in [0.1, 0.15) is 5.56 Å². The van der Waals surface area contributed by atoms with Crippen LogP contribution in [-0.4, -0.2) is 65.3 Å². The molecule has 10 heteroatoms. The molecule has 1 aromatic carbocycles. The third-order valence-corrected chi connectivity index (χ3v) is 6.22. The summed E-state index contributed by atoms with van der Waals surface area (Å²) in [6.07, 6.45) is 3.51. The van der Waals surface area contributed by atoms with Gasteiger partial charge in [-0.2, -0.15) is 13.5 Å². The molecule has 0 atom stereocenters. The molecule has 2 aliphatic rings. The molecule has 1 saturated heterocycles. The molecule has 28 heavy (non-hydrogen) atoms. The third-order valence-electron chi connectivity index (χ3n) is 4.89. The Morgan fingerprint density at radius 1 is 0.821 bits per heavy atom. The number of anilines is 1. The van der Waals surface area contributed by atoms with Crippen LogP contribution in [0.3, 0.4) is 0 Å². The van der Waals surface area contributed by atoms with Gasteiger partial charge in [-0.1, -0.05) is 12.1 Å². The molecule has 0 unspecified atom stereocenters. The number of piperazine rings is 1. The van der Waals surface area contributed by atoms with Gasteiger partial charge in [-0.15, -0.1) is 14.6 Å². The Morgan fingerprint density at radius 2 is 1.54 bits per heavy atom. The van der Waals surface area contributed by atoms with Crippen molar-refractivity contribution >= 4 is 21.7 Å². The highest BCUT2D eigenvalue weighted by atomic mass is 32.2. The maximum atomic E-state index is 12.3. The molecule has 9 nitrogen and oxygen atoms in total. The second-order valence-electron chi connectivity index (χ2n) is 6.56. The number of sulfonamides is 1. The van der Waals surface area contributed by atoms with Crippen molar-refractivity contribution < 1.29 is 8.42 Å². The first kappa shape index (κ1) is 16.9. The largest absolute Gasteiger partial charge is 0.352 e. The molecule has 0 saturated carbocycles. The number of benzene rings is 1. The van der Waals surface area contributed by atoms with E-state index in [-0.39, 0.29) is 4.90 Å². The van der Waals surface area contributed by atoms with E-state index in [4.69, 9.17) is 0 Å². The summed E-state index contributed by atoms with van der Waals surface area (Å²) in [6.45, 7) is 2.73. The van der Waals surface area contributed by atoms with Crippen LogP contribution in [0.5, 0.6) is 0 Å². The molecule has 1 fully saturated rings. The van der Waals surface area contributed by atoms with Gasteiger partial charge in [0.1, 0.15) is 4.90 Å². The summed E-state index contributed by atoms with van der Waals surface area (Å²) in [5, 5.41) is 12.7. The molecular weight excluding hydrogens is 378 g/mol. The zero-order valence-corrected chi connectivity index (χ0v) is 15.7. The molecule has 0 spiro atoms. The first-order valence-corrected chi connectivity index (χ1v) is 10.3. The fourth-order valence-corrected chi connectivity index (χ4v) is 4.70. The van der Waals surface area contributed by atoms with Crippen molar-refractivity contribution in [2.24, 2.45) is 4.40 Å². The van der Waals surface area contributed by atoms with Crippen molar-refractivity contribution in [1.82, 2.24) is 24.9 Å². The van der Waals surface area contributed by atoms with Crippen LogP contribution >= 0.6 is 0 Å². The third kappa shape index (κ3) is 2.82. The lowest BCUT2D eigenvalue weighted by Gasteiger charge is -2.36. The number of rotatable bonds is 2. The lowest BCUT2D eigenvalue weighted by Crippen LogP contribution is -2.49. The topological polar surface area (TPSA) is 96.6 Å². The van der Waals surface area contributed by atoms with Crippen molar-refractivity contribution in [2.75, 3.05) is 31.1 Å². The van der Waals surface area contributed by atoms with Crippen molar-refractivity contribution in [1.29, 1.82) is 0 Å². The SMILES string of the molecule is O=S1(=O)N=C(N2CCN(c3ccc(-n4cccn4)nn3)CC2)c2ccccc21. The Labute approximate surface area is 162 Å². The van der Waals surface area contributed by atoms with Crippen molar-refractivity contribution in [2.45, 2.75) is 4.90 Å². The predicted molar refractivity (Wildman–Crippen MR) is 103 cm³/mol. The summed E-state index contributed by atoms with van der Waals surface area (Å²) in [4.78, 5) is 4.44. The minimum absolute atomic E-state index is 0.285. The lowest BCUT2D eigenvalue weighted by molar-refractivity contribution is 0.385. The summed E-state index contributed by atoms with van der Waals surface area (Å²) >= 11 is 0. The first-order chi connectivity index (χ1) is 13.6. The van der Waals surface area contributed by atoms with Gasteiger partial charge < -0.3 is 9.80 Å². The van der Waals surface area contributed by atoms with Crippen molar-refractivity contribution in [3.05, 3.63) is 60.4 Å². The highest BCUT2D eigenvalue weighted by Crippen LogP contribution is 2.28. The molecule has 5 rings (SSSR count). The normalized spacial score (nSPS) is 18.1. The number of nitrogens with zero attached hydrogens (tertiary/aromatic N) is 7. The van der Waals surface area contributed by atoms with Gasteiger partial charge in [0.05, 0.1) is 0 Å². The zero-order chi connectivity index (χ0) is 19.1. The second-order valence-corrected chi connectivity index (χ2v) is 8.13. The summed E-state index contributed by atoms with van der Waals surface area (Å²) < 4.78 is 30.2. The Hall–Kier alpha value is -3.27. The van der Waals surface area contributed by atoms with Gasteiger partial charge in [0.2, 0.25) is 0 Å². The molecule has 2 aromatic heterocycles. The lowest BCUT2D eigenvalue weighted by atomic mass is 10.1. The summed E-state index contributed by atoms with van der Waals surface area (Å²) in [6, 6.07) is 12.6. The Bertz CT molecular complexity index is 1130. The summed E-state index contributed by atoms with van der Waals surface area (Å²) in [5.74, 6) is 1.99. The van der Waals surface area contributed by atoms with Crippen LogP contribution in [-0.2, 0) is 10.0 Å². The van der Waals surface area contributed by atoms with Crippen molar-refractivity contribution in [3.63, 3.8) is 0 Å². The maximum Gasteiger partial charge on any atom is 0.285 e. The van der Waals surface area contributed by atoms with E-state index in [1.54, 1.807) is 23.0 Å². The number of hydrogen-bond acceptors (Lipinski definition) is 7. The van der Waals surface area contributed by atoms with E-state index in [1.807, 2.05) is 41.4 Å². The van der Waals surface area contributed by atoms with E-state index in [0.717, 1.165) is 5.82 Å². The molecule has 2 aliphatic heterocycles. The average Bonchev–Trinajstić information content (AvgIpc) is 3.36. The van der Waals surface area contributed by atoms with E-state index in [2.05, 4.69) is 24.6 Å². The summed E-state index contributed by atoms with van der Waals surface area (Å²) in [5.41, 5.74) is 0.680. The molecule has 0 N–H and O–H groups in total. The Kier molecular flexibility index (Phi) is 3.86. The van der Waals surface area contributed by atoms with E-state index in [1.165, 1.54) is 0 Å². The molecule has 142 valence electrons. The van der Waals surface area contributed by atoms with Gasteiger partial charge in [-0.3, -0.25) is 0 Å². The van der Waals surface area contributed by atoms with Gasteiger partial charge in [0.25, 0.3) is 10.0 Å². The fraction of sp³-hybridized carbons (Fsp3) is 0.222. The van der Waals surface area contributed by atoms with Gasteiger partial charge in [0, 0.05) is 44.1 Å². The van der Waals surface area contributed by atoms with Crippen LogP contribution in [0.25, 0.3) is 5.82 Å². The highest BCUT2D eigenvalue weighted by Gasteiger charge is 2.33. The monoisotopic (exact) mass is 395 g/mol. The first-order valence-electron chi connectivity index (χ1n) is 8.90. The Balaban J connectivity index is 1.31. The highest BCUT2D eigenvalue weighted by molar-refractivity contribution is 7.90. The molecular formula is C18H17N7O2S. The van der Waals surface area contributed by atoms with Gasteiger partial charge in [-0.05, 0) is 30.3 Å². The fourth-order valence-electron chi connectivity index (χ4n) is 3.48. The van der Waals surface area contributed by atoms with E-state index < -0.39 is 10.0 Å². The molecule has 3 aromatic rings. The summed E-state index contributed by atoms with van der Waals surface area (Å²) in [7, 11) is -3.59. The minimum atomic E-state index is -3.59. The van der Waals surface area contributed by atoms with Gasteiger partial charge in [0.15, 0.2) is 17.5 Å². The molecule has 0 radical (unpaired) electrons. The van der Waals surface area contributed by atoms with Crippen LogP contribution < -0.4 is 4.90 Å². The van der Waals surface area contributed by atoms with E-state index >= 15 is 0 Å². The maximum absolute atomic E-state index is 12.3. The Morgan fingerprint density at radius 3 is 2.25 bits per heavy atom. The molecule has 4 heterocycles. The van der Waals surface area contributed by atoms with E-state index in [0.29, 0.717) is 43.4 Å². The molecule has 0 amide bonds. The number of aromatic nitrogens is 4. The number of amidine groups is 1. The molecule has 0 aliphatic carbocycles. The van der Waals surface area contributed by atoms with Crippen LogP contribution in [0.15, 0.2) is 64.2 Å². The molecule has 0 bridgehead atoms. The smallest absolute Gasteiger partial charge is 0.285 e. The zero-order valence-electron chi connectivity index (χ0n) is 14.9. The van der Waals surface area contributed by atoms with Gasteiger partial charge >= 0.3 is 0 Å². The quantitative estimate of drug-likeness (QED) is 0.637. The van der Waals surface area contributed by atoms with E-state index in [9.17, 15) is 8.42 Å². The standard InChI is InChI=1S/C18H17N7O2S/c26-28(27)15-5-2-1-4-14(15)18(22-28)24-12-10-23(11-13-24)16-6-7-17(21-20-16)25-9-3-8-19-25/h1-9H,10-13H2. The van der Waals surface area contributed by atoms with Crippen LogP contribution in [0.2, 0.25) is 0 Å². The van der Waals surface area contributed by atoms with Gasteiger partial charge in [-0.25, -0.2) is 4.68 Å². The number of hydrogen-bond donors (Lipinski definition) is 0. The predicted octanol–water partition coefficient (Wildman–Crippen LogP) is 0.933. The van der Waals surface area contributed by atoms with Crippen molar-refractivity contribution in [3.8, 4) is 5.82 Å². The number of fused-ring (bicyclic) bond motifs is 1. The second kappa shape index (κ2) is 6.41. The minimum Gasteiger partial charge on any atom is -0.352 e. The van der Waals surface area contributed by atoms with Crippen LogP contribution in [0, 0.1) is 0 Å².